The van der Waals surface area contributed by atoms with Crippen LogP contribution in [0.5, 0.6) is 0 Å². The minimum Gasteiger partial charge on any atom is -0.398 e. The van der Waals surface area contributed by atoms with Crippen molar-refractivity contribution in [1.82, 2.24) is 58.5 Å². The van der Waals surface area contributed by atoms with Crippen LogP contribution >= 0.6 is 58.0 Å². The van der Waals surface area contributed by atoms with E-state index in [4.69, 9.17) is 86.7 Å². The fourth-order valence-corrected chi connectivity index (χ4v) is 15.1. The second kappa shape index (κ2) is 37.7. The summed E-state index contributed by atoms with van der Waals surface area (Å²) in [6.45, 7) is 7.41. The van der Waals surface area contributed by atoms with E-state index in [0.29, 0.717) is 109 Å². The summed E-state index contributed by atoms with van der Waals surface area (Å²) < 4.78 is 45.3. The minimum atomic E-state index is -4.59. The van der Waals surface area contributed by atoms with Gasteiger partial charge in [-0.05, 0) is 146 Å². The van der Waals surface area contributed by atoms with Gasteiger partial charge < -0.3 is 55.3 Å². The molecule has 0 saturated heterocycles. The highest BCUT2D eigenvalue weighted by Crippen LogP contribution is 2.37. The Morgan fingerprint density at radius 3 is 0.984 bits per heavy atom. The number of alkyl halides is 3. The molecule has 0 aliphatic carbocycles. The molecule has 15 N–H and O–H groups in total. The van der Waals surface area contributed by atoms with Gasteiger partial charge in [-0.1, -0.05) is 179 Å². The van der Waals surface area contributed by atoms with Crippen LogP contribution in [-0.4, -0.2) is 72.0 Å². The summed E-state index contributed by atoms with van der Waals surface area (Å²) in [6.07, 6.45) is 0.162. The maximum Gasteiger partial charge on any atom is 0.419 e. The molecule has 0 saturated carbocycles. The molecule has 0 fully saturated rings. The van der Waals surface area contributed by atoms with E-state index in [-0.39, 0.29) is 80.6 Å². The average Bonchev–Trinajstić information content (AvgIpc) is 0.772. The number of nitrogens with two attached hydrogens (primary N) is 5. The molecule has 124 heavy (non-hydrogen) atoms. The second-order valence-electron chi connectivity index (χ2n) is 28.0. The van der Waals surface area contributed by atoms with Crippen LogP contribution in [0.4, 0.5) is 60.0 Å². The molecule has 0 aliphatic heterocycles. The molecule has 16 aromatic rings. The van der Waals surface area contributed by atoms with Gasteiger partial charge in [-0.3, -0.25) is 47.0 Å². The lowest BCUT2D eigenvalue weighted by Gasteiger charge is -2.22. The Bertz CT molecular complexity index is 7000. The van der Waals surface area contributed by atoms with Crippen molar-refractivity contribution in [3.63, 3.8) is 0 Å². The summed E-state index contributed by atoms with van der Waals surface area (Å²) in [5.74, 6) is 0.0730. The summed E-state index contributed by atoms with van der Waals surface area (Å²) in [6, 6.07) is 65.1. The predicted molar refractivity (Wildman–Crippen MR) is 486 cm³/mol. The first-order valence-electron chi connectivity index (χ1n) is 37.9. The van der Waals surface area contributed by atoms with Crippen molar-refractivity contribution in [2.24, 2.45) is 5.73 Å². The molecule has 2 amide bonds. The highest BCUT2D eigenvalue weighted by molar-refractivity contribution is 6.37. The molecular formula is C89H75Cl5F3N21O6. The standard InChI is InChI=1S/C23H18ClF3N4O.C23H21ClN6O2.C22H19ClN6O2.C21H17Cl2N5O/c1-13(30-20-11-18(28)16(12-29-20)23(25,26)27)19-10-14-6-5-9-17(24)21(14)22(32)31(19)15-7-3-2-4-8-15;1-13(28-20-16(21(31)26-2)12-27-23(25)29-20)18-11-14-7-6-10-17(24)19(14)22(32)30(18)15-8-4-3-5-9-15;1-12(27-20-15(19(24)30)11-26-22(25)28-20)17-10-13-6-5-9-16(23)18(13)21(31)29(17)14-7-3-2-4-8-14;1-12(26-19-16(23)11-25-21(24)27-19)17-10-13-6-5-9-15(22)18(13)20(29)28(17)14-7-3-2-4-8-14/h2-13H,1H3,(H3,28,29,30);3-13H,1-2H3,(H,26,31)(H3,25,27,28,29);2-12H,1H3,(H2,24,30)(H3,25,26,27,28);2-12H,1H3,(H3,24,25,26,27)/t2*13-;2*12-/m0000/s1. The Morgan fingerprint density at radius 1 is 0.371 bits per heavy atom. The van der Waals surface area contributed by atoms with E-state index in [1.165, 1.54) is 30.2 Å². The average molecular weight is 1770 g/mol. The van der Waals surface area contributed by atoms with Gasteiger partial charge in [-0.15, -0.1) is 0 Å². The van der Waals surface area contributed by atoms with Crippen LogP contribution in [-0.2, 0) is 6.18 Å². The van der Waals surface area contributed by atoms with Gasteiger partial charge in [0.1, 0.15) is 28.0 Å². The molecule has 628 valence electrons. The van der Waals surface area contributed by atoms with Gasteiger partial charge in [0.15, 0.2) is 5.82 Å². The number of hydrogen-bond acceptors (Lipinski definition) is 21. The molecule has 0 aliphatic rings. The molecule has 8 heterocycles. The Hall–Kier alpha value is -14.4. The van der Waals surface area contributed by atoms with Gasteiger partial charge in [0, 0.05) is 82.9 Å². The Labute approximate surface area is 729 Å². The summed E-state index contributed by atoms with van der Waals surface area (Å²) in [5.41, 5.74) is 31.4. The zero-order chi connectivity index (χ0) is 88.5. The van der Waals surface area contributed by atoms with Gasteiger partial charge in [-0.2, -0.15) is 28.1 Å². The van der Waals surface area contributed by atoms with E-state index in [1.807, 2.05) is 166 Å². The Morgan fingerprint density at radius 2 is 0.669 bits per heavy atom. The number of nitrogens with one attached hydrogen (secondary N) is 5. The highest BCUT2D eigenvalue weighted by atomic mass is 35.5. The van der Waals surface area contributed by atoms with Gasteiger partial charge in [0.2, 0.25) is 17.8 Å². The number of rotatable bonds is 18. The number of aromatic nitrogens is 11. The van der Waals surface area contributed by atoms with Gasteiger partial charge in [0.25, 0.3) is 34.1 Å². The molecule has 0 bridgehead atoms. The predicted octanol–water partition coefficient (Wildman–Crippen LogP) is 17.5. The second-order valence-corrected chi connectivity index (χ2v) is 30.0. The fraction of sp³-hybridized carbons (Fsp3) is 0.112. The molecule has 0 unspecified atom stereocenters. The van der Waals surface area contributed by atoms with E-state index in [0.717, 1.165) is 22.8 Å². The van der Waals surface area contributed by atoms with Crippen molar-refractivity contribution in [3.8, 4) is 22.7 Å². The van der Waals surface area contributed by atoms with Crippen LogP contribution in [0.3, 0.4) is 0 Å². The van der Waals surface area contributed by atoms with Crippen LogP contribution < -0.4 is 77.5 Å². The quantitative estimate of drug-likeness (QED) is 0.0381. The third-order valence-electron chi connectivity index (χ3n) is 19.7. The molecule has 27 nitrogen and oxygen atoms in total. The largest absolute Gasteiger partial charge is 0.419 e. The number of carbonyl (C=O) groups excluding carboxylic acids is 2. The van der Waals surface area contributed by atoms with Gasteiger partial charge in [-0.25, -0.2) is 19.9 Å². The Balaban J connectivity index is 0.000000142. The first kappa shape index (κ1) is 87.4. The monoisotopic (exact) mass is 1770 g/mol. The number of para-hydroxylation sites is 4. The molecule has 8 aromatic carbocycles. The van der Waals surface area contributed by atoms with Crippen LogP contribution in [0.2, 0.25) is 25.1 Å². The highest BCUT2D eigenvalue weighted by Gasteiger charge is 2.34. The van der Waals surface area contributed by atoms with Crippen LogP contribution in [0.25, 0.3) is 65.8 Å². The number of primary amides is 1. The third kappa shape index (κ3) is 19.0. The van der Waals surface area contributed by atoms with Crippen molar-refractivity contribution >= 4 is 160 Å². The lowest BCUT2D eigenvalue weighted by Crippen LogP contribution is -2.27. The lowest BCUT2D eigenvalue weighted by atomic mass is 10.1. The number of halogens is 8. The number of benzene rings is 8. The Kier molecular flexibility index (Phi) is 26.6. The maximum atomic E-state index is 13.5. The van der Waals surface area contributed by atoms with Crippen molar-refractivity contribution in [2.75, 3.05) is 51.2 Å². The third-order valence-corrected chi connectivity index (χ3v) is 21.2. The minimum absolute atomic E-state index is 0.00885. The fourth-order valence-electron chi connectivity index (χ4n) is 13.9. The number of hydrogen-bond donors (Lipinski definition) is 10. The van der Waals surface area contributed by atoms with Gasteiger partial charge in [0.05, 0.1) is 83.1 Å². The van der Waals surface area contributed by atoms with Crippen molar-refractivity contribution in [2.45, 2.75) is 58.0 Å². The van der Waals surface area contributed by atoms with E-state index in [1.54, 1.807) is 93.4 Å². The number of pyridine rings is 5. The molecule has 16 rings (SSSR count). The maximum absolute atomic E-state index is 13.5. The number of anilines is 8. The number of nitrogens with zero attached hydrogens (tertiary/aromatic N) is 11. The molecule has 8 aromatic heterocycles. The lowest BCUT2D eigenvalue weighted by molar-refractivity contribution is -0.137. The molecule has 35 heteroatoms. The van der Waals surface area contributed by atoms with E-state index >= 15 is 0 Å². The molecule has 0 spiro atoms. The van der Waals surface area contributed by atoms with Crippen LogP contribution in [0.1, 0.15) is 101 Å². The summed E-state index contributed by atoms with van der Waals surface area (Å²) in [5, 5.41) is 21.6. The van der Waals surface area contributed by atoms with E-state index in [2.05, 4.69) is 61.5 Å². The normalized spacial score (nSPS) is 12.1. The van der Waals surface area contributed by atoms with Crippen LogP contribution in [0, 0.1) is 0 Å². The smallest absolute Gasteiger partial charge is 0.398 e. The van der Waals surface area contributed by atoms with Crippen molar-refractivity contribution in [1.29, 1.82) is 0 Å². The number of fused-ring (bicyclic) bond motifs is 4. The number of nitrogen functional groups attached to an aromatic ring is 4. The number of carbonyl (C=O) groups is 2. The topological polar surface area (TPSA) is 403 Å². The zero-order valence-electron chi connectivity index (χ0n) is 66.3. The SMILES string of the molecule is CNC(=O)c1cnc(N)nc1N[C@@H](C)c1cc2cccc(Cl)c2c(=O)n1-c1ccccc1.C[C@H](Nc1cc(N)c(C(F)(F)F)cn1)c1cc2cccc(Cl)c2c(=O)n1-c1ccccc1.C[C@H](Nc1nc(N)ncc1C(N)=O)c1cc2cccc(Cl)c2c(=O)n1-c1ccccc1.C[C@H](Nc1nc(N)ncc1Cl)c1cc2cccc(Cl)c2c(=O)n1-c1ccccc1. The first-order valence-corrected chi connectivity index (χ1v) is 39.8. The van der Waals surface area contributed by atoms with Gasteiger partial charge >= 0.3 is 6.18 Å². The zero-order valence-corrected chi connectivity index (χ0v) is 70.0. The van der Waals surface area contributed by atoms with E-state index in [9.17, 15) is 41.9 Å². The summed E-state index contributed by atoms with van der Waals surface area (Å²) >= 11 is 31.6. The number of amides is 2. The summed E-state index contributed by atoms with van der Waals surface area (Å²) in [7, 11) is 1.52. The molecule has 4 atom stereocenters. The molecular weight excluding hydrogens is 1690 g/mol. The van der Waals surface area contributed by atoms with Crippen molar-refractivity contribution in [3.05, 3.63) is 355 Å². The molecule has 0 radical (unpaired) electrons. The van der Waals surface area contributed by atoms with Crippen molar-refractivity contribution < 1.29 is 22.8 Å². The van der Waals surface area contributed by atoms with E-state index < -0.39 is 41.5 Å². The first-order chi connectivity index (χ1) is 59.4. The van der Waals surface area contributed by atoms with Crippen LogP contribution in [0.15, 0.2) is 268 Å². The summed E-state index contributed by atoms with van der Waals surface area (Å²) in [4.78, 5) is 106.